The van der Waals surface area contributed by atoms with Crippen molar-refractivity contribution in [3.63, 3.8) is 0 Å². The molecule has 3 atom stereocenters. The summed E-state index contributed by atoms with van der Waals surface area (Å²) in [7, 11) is 0. The molecule has 0 saturated heterocycles. The number of hydrogen-bond acceptors (Lipinski definition) is 3. The Morgan fingerprint density at radius 2 is 2.10 bits per heavy atom. The minimum Gasteiger partial charge on any atom is -0.382 e. The lowest BCUT2D eigenvalue weighted by Crippen LogP contribution is -2.34. The van der Waals surface area contributed by atoms with Crippen molar-refractivity contribution in [2.75, 3.05) is 5.32 Å². The van der Waals surface area contributed by atoms with E-state index in [-0.39, 0.29) is 0 Å². The second-order valence-electron chi connectivity index (χ2n) is 6.34. The van der Waals surface area contributed by atoms with Crippen LogP contribution < -0.4 is 5.32 Å². The fourth-order valence-electron chi connectivity index (χ4n) is 3.22. The number of aromatic amines is 1. The van der Waals surface area contributed by atoms with Crippen molar-refractivity contribution in [1.29, 1.82) is 0 Å². The smallest absolute Gasteiger partial charge is 0.181 e. The highest BCUT2D eigenvalue weighted by Crippen LogP contribution is 2.32. The summed E-state index contributed by atoms with van der Waals surface area (Å²) in [6, 6.07) is 8.97. The van der Waals surface area contributed by atoms with Crippen molar-refractivity contribution < 1.29 is 0 Å². The molecule has 1 aromatic heterocycles. The summed E-state index contributed by atoms with van der Waals surface area (Å²) in [6.45, 7) is 6.65. The van der Waals surface area contributed by atoms with Gasteiger partial charge in [-0.2, -0.15) is 5.10 Å². The average molecular weight is 284 g/mol. The third kappa shape index (κ3) is 3.09. The molecule has 2 N–H and O–H groups in total. The fraction of sp³-hybridized carbons (Fsp3) is 0.529. The van der Waals surface area contributed by atoms with Crippen LogP contribution in [-0.2, 0) is 0 Å². The normalized spacial score (nSPS) is 25.8. The highest BCUT2D eigenvalue weighted by Gasteiger charge is 2.26. The van der Waals surface area contributed by atoms with Gasteiger partial charge in [0.1, 0.15) is 5.82 Å². The van der Waals surface area contributed by atoms with Gasteiger partial charge in [-0.1, -0.05) is 38.8 Å². The molecular weight excluding hydrogens is 260 g/mol. The number of benzene rings is 1. The van der Waals surface area contributed by atoms with Gasteiger partial charge < -0.3 is 5.32 Å². The number of anilines is 1. The topological polar surface area (TPSA) is 53.6 Å². The molecule has 1 fully saturated rings. The van der Waals surface area contributed by atoms with Crippen molar-refractivity contribution in [2.45, 2.75) is 46.1 Å². The Morgan fingerprint density at radius 3 is 2.86 bits per heavy atom. The molecule has 2 aromatic rings. The lowest BCUT2D eigenvalue weighted by atomic mass is 9.78. The molecule has 4 heteroatoms. The number of nitrogens with zero attached hydrogens (tertiary/aromatic N) is 2. The van der Waals surface area contributed by atoms with Gasteiger partial charge in [-0.3, -0.25) is 5.10 Å². The molecule has 1 heterocycles. The van der Waals surface area contributed by atoms with Crippen LogP contribution in [0.1, 0.15) is 38.9 Å². The first kappa shape index (κ1) is 14.1. The highest BCUT2D eigenvalue weighted by molar-refractivity contribution is 5.62. The summed E-state index contributed by atoms with van der Waals surface area (Å²) in [4.78, 5) is 4.40. The van der Waals surface area contributed by atoms with Crippen LogP contribution in [0.2, 0.25) is 0 Å². The zero-order chi connectivity index (χ0) is 14.8. The highest BCUT2D eigenvalue weighted by atomic mass is 15.2. The van der Waals surface area contributed by atoms with Gasteiger partial charge in [0, 0.05) is 17.3 Å². The van der Waals surface area contributed by atoms with Crippen LogP contribution in [0.25, 0.3) is 11.4 Å². The Bertz CT molecular complexity index is 604. The van der Waals surface area contributed by atoms with E-state index in [0.29, 0.717) is 12.0 Å². The molecule has 3 rings (SSSR count). The monoisotopic (exact) mass is 284 g/mol. The molecular formula is C17H24N4. The average Bonchev–Trinajstić information content (AvgIpc) is 2.91. The van der Waals surface area contributed by atoms with E-state index in [0.717, 1.165) is 23.1 Å². The fourth-order valence-corrected chi connectivity index (χ4v) is 3.22. The second-order valence-corrected chi connectivity index (χ2v) is 6.34. The molecule has 21 heavy (non-hydrogen) atoms. The molecule has 0 bridgehead atoms. The molecule has 1 saturated carbocycles. The largest absolute Gasteiger partial charge is 0.382 e. The van der Waals surface area contributed by atoms with Crippen molar-refractivity contribution in [1.82, 2.24) is 15.2 Å². The summed E-state index contributed by atoms with van der Waals surface area (Å²) < 4.78 is 0. The van der Waals surface area contributed by atoms with Crippen LogP contribution in [0.3, 0.4) is 0 Å². The molecule has 1 aliphatic carbocycles. The summed E-state index contributed by atoms with van der Waals surface area (Å²) in [5, 5.41) is 10.8. The Hall–Kier alpha value is -1.84. The number of rotatable bonds is 3. The van der Waals surface area contributed by atoms with Crippen LogP contribution in [0, 0.1) is 18.8 Å². The maximum absolute atomic E-state index is 4.40. The van der Waals surface area contributed by atoms with Crippen LogP contribution in [0.4, 0.5) is 5.69 Å². The van der Waals surface area contributed by atoms with Crippen molar-refractivity contribution >= 4 is 5.69 Å². The SMILES string of the molecule is Cc1nc(-c2cccc(NC3CCCC(C)C3C)c2)n[nH]1. The van der Waals surface area contributed by atoms with Gasteiger partial charge in [0.2, 0.25) is 0 Å². The maximum atomic E-state index is 4.40. The number of aryl methyl sites for hydroxylation is 1. The summed E-state index contributed by atoms with van der Waals surface area (Å²) in [5.41, 5.74) is 2.22. The van der Waals surface area contributed by atoms with Crippen molar-refractivity contribution in [3.8, 4) is 11.4 Å². The van der Waals surface area contributed by atoms with Crippen LogP contribution in [0.5, 0.6) is 0 Å². The molecule has 0 aliphatic heterocycles. The summed E-state index contributed by atoms with van der Waals surface area (Å²) >= 11 is 0. The first-order valence-electron chi connectivity index (χ1n) is 7.89. The minimum absolute atomic E-state index is 0.567. The predicted octanol–water partition coefficient (Wildman–Crippen LogP) is 4.02. The van der Waals surface area contributed by atoms with E-state index >= 15 is 0 Å². The molecule has 0 spiro atoms. The van der Waals surface area contributed by atoms with Crippen LogP contribution >= 0.6 is 0 Å². The van der Waals surface area contributed by atoms with Gasteiger partial charge in [0.15, 0.2) is 5.82 Å². The predicted molar refractivity (Wildman–Crippen MR) is 86.1 cm³/mol. The minimum atomic E-state index is 0.567. The first-order valence-corrected chi connectivity index (χ1v) is 7.89. The van der Waals surface area contributed by atoms with E-state index in [9.17, 15) is 0 Å². The van der Waals surface area contributed by atoms with Gasteiger partial charge in [0.05, 0.1) is 0 Å². The van der Waals surface area contributed by atoms with Gasteiger partial charge in [-0.25, -0.2) is 4.98 Å². The molecule has 0 amide bonds. The van der Waals surface area contributed by atoms with E-state index in [1.165, 1.54) is 24.9 Å². The third-order valence-corrected chi connectivity index (χ3v) is 4.78. The van der Waals surface area contributed by atoms with Crippen molar-refractivity contribution in [2.24, 2.45) is 11.8 Å². The van der Waals surface area contributed by atoms with E-state index in [4.69, 9.17) is 0 Å². The number of aromatic nitrogens is 3. The van der Waals surface area contributed by atoms with Gasteiger partial charge in [0.25, 0.3) is 0 Å². The zero-order valence-corrected chi connectivity index (χ0v) is 13.1. The molecule has 112 valence electrons. The van der Waals surface area contributed by atoms with Crippen LogP contribution in [0.15, 0.2) is 24.3 Å². The Balaban J connectivity index is 1.77. The van der Waals surface area contributed by atoms with E-state index in [2.05, 4.69) is 58.6 Å². The van der Waals surface area contributed by atoms with Crippen molar-refractivity contribution in [3.05, 3.63) is 30.1 Å². The standard InChI is InChI=1S/C17H24N4/c1-11-6-4-9-16(12(11)2)19-15-8-5-7-14(10-15)17-18-13(3)20-21-17/h5,7-8,10-12,16,19H,4,6,9H2,1-3H3,(H,18,20,21). The lowest BCUT2D eigenvalue weighted by Gasteiger charge is -2.35. The number of H-pyrrole nitrogens is 1. The molecule has 1 aromatic carbocycles. The second kappa shape index (κ2) is 5.88. The molecule has 0 radical (unpaired) electrons. The third-order valence-electron chi connectivity index (χ3n) is 4.78. The Kier molecular flexibility index (Phi) is 3.95. The Labute approximate surface area is 126 Å². The summed E-state index contributed by atoms with van der Waals surface area (Å²) in [5.74, 6) is 3.13. The number of nitrogens with one attached hydrogen (secondary N) is 2. The molecule has 1 aliphatic rings. The van der Waals surface area contributed by atoms with E-state index in [1.54, 1.807) is 0 Å². The van der Waals surface area contributed by atoms with E-state index < -0.39 is 0 Å². The van der Waals surface area contributed by atoms with E-state index in [1.807, 2.05) is 6.92 Å². The molecule has 3 unspecified atom stereocenters. The molecule has 4 nitrogen and oxygen atoms in total. The zero-order valence-electron chi connectivity index (χ0n) is 13.1. The quantitative estimate of drug-likeness (QED) is 0.895. The van der Waals surface area contributed by atoms with Crippen LogP contribution in [-0.4, -0.2) is 21.2 Å². The van der Waals surface area contributed by atoms with Gasteiger partial charge >= 0.3 is 0 Å². The summed E-state index contributed by atoms with van der Waals surface area (Å²) in [6.07, 6.45) is 3.94. The lowest BCUT2D eigenvalue weighted by molar-refractivity contribution is 0.253. The van der Waals surface area contributed by atoms with Gasteiger partial charge in [-0.05, 0) is 37.3 Å². The van der Waals surface area contributed by atoms with Gasteiger partial charge in [-0.15, -0.1) is 0 Å². The Morgan fingerprint density at radius 1 is 1.24 bits per heavy atom. The first-order chi connectivity index (χ1) is 10.1. The maximum Gasteiger partial charge on any atom is 0.181 e. The number of hydrogen-bond donors (Lipinski definition) is 2.